The lowest BCUT2D eigenvalue weighted by Gasteiger charge is -2.14. The SMILES string of the molecule is CC(Nc1ccccc1Cl)c1cc2ccccc2s1. The molecule has 3 aromatic rings. The number of para-hydroxylation sites is 1. The lowest BCUT2D eigenvalue weighted by molar-refractivity contribution is 0.909. The molecule has 2 aromatic carbocycles. The maximum absolute atomic E-state index is 6.18. The van der Waals surface area contributed by atoms with E-state index in [9.17, 15) is 0 Å². The van der Waals surface area contributed by atoms with Gasteiger partial charge in [0.05, 0.1) is 16.8 Å². The summed E-state index contributed by atoms with van der Waals surface area (Å²) in [6.45, 7) is 2.16. The molecule has 1 N–H and O–H groups in total. The van der Waals surface area contributed by atoms with E-state index < -0.39 is 0 Å². The van der Waals surface area contributed by atoms with Gasteiger partial charge in [0.15, 0.2) is 0 Å². The van der Waals surface area contributed by atoms with Gasteiger partial charge in [0, 0.05) is 9.58 Å². The maximum atomic E-state index is 6.18. The number of anilines is 1. The molecule has 0 saturated heterocycles. The van der Waals surface area contributed by atoms with Gasteiger partial charge in [-0.2, -0.15) is 0 Å². The molecule has 0 aliphatic heterocycles. The second-order valence-corrected chi connectivity index (χ2v) is 6.06. The number of thiophene rings is 1. The minimum absolute atomic E-state index is 0.248. The Labute approximate surface area is 121 Å². The topological polar surface area (TPSA) is 12.0 Å². The first-order valence-electron chi connectivity index (χ1n) is 6.23. The molecule has 1 heterocycles. The highest BCUT2D eigenvalue weighted by Crippen LogP contribution is 2.32. The normalized spacial score (nSPS) is 12.5. The molecule has 1 atom stereocenters. The number of hydrogen-bond donors (Lipinski definition) is 1. The van der Waals surface area contributed by atoms with E-state index in [2.05, 4.69) is 42.6 Å². The highest BCUT2D eigenvalue weighted by Gasteiger charge is 2.10. The first-order valence-corrected chi connectivity index (χ1v) is 7.43. The van der Waals surface area contributed by atoms with Crippen molar-refractivity contribution >= 4 is 38.7 Å². The molecule has 0 aliphatic rings. The van der Waals surface area contributed by atoms with Gasteiger partial charge in [0.25, 0.3) is 0 Å². The Balaban J connectivity index is 1.87. The van der Waals surface area contributed by atoms with Gasteiger partial charge in [-0.1, -0.05) is 41.9 Å². The maximum Gasteiger partial charge on any atom is 0.0637 e. The van der Waals surface area contributed by atoms with Crippen LogP contribution in [0.3, 0.4) is 0 Å². The van der Waals surface area contributed by atoms with E-state index in [0.717, 1.165) is 10.7 Å². The predicted molar refractivity (Wildman–Crippen MR) is 85.3 cm³/mol. The molecule has 0 saturated carbocycles. The van der Waals surface area contributed by atoms with Crippen molar-refractivity contribution in [2.45, 2.75) is 13.0 Å². The van der Waals surface area contributed by atoms with E-state index in [1.807, 2.05) is 35.6 Å². The third-order valence-corrected chi connectivity index (χ3v) is 4.75. The van der Waals surface area contributed by atoms with Gasteiger partial charge in [0.2, 0.25) is 0 Å². The van der Waals surface area contributed by atoms with Crippen LogP contribution < -0.4 is 5.32 Å². The highest BCUT2D eigenvalue weighted by molar-refractivity contribution is 7.19. The number of nitrogens with one attached hydrogen (secondary N) is 1. The Morgan fingerprint density at radius 1 is 1.05 bits per heavy atom. The number of hydrogen-bond acceptors (Lipinski definition) is 2. The number of halogens is 1. The van der Waals surface area contributed by atoms with Crippen LogP contribution in [0.5, 0.6) is 0 Å². The summed E-state index contributed by atoms with van der Waals surface area (Å²) in [6.07, 6.45) is 0. The molecule has 3 heteroatoms. The zero-order valence-corrected chi connectivity index (χ0v) is 12.1. The Bertz CT molecular complexity index is 672. The molecule has 19 heavy (non-hydrogen) atoms. The molecule has 0 aliphatic carbocycles. The number of fused-ring (bicyclic) bond motifs is 1. The van der Waals surface area contributed by atoms with Gasteiger partial charge in [-0.05, 0) is 36.6 Å². The van der Waals surface area contributed by atoms with Crippen molar-refractivity contribution in [1.82, 2.24) is 0 Å². The van der Waals surface area contributed by atoms with Gasteiger partial charge in [-0.25, -0.2) is 0 Å². The average Bonchev–Trinajstić information content (AvgIpc) is 2.85. The quantitative estimate of drug-likeness (QED) is 0.649. The molecule has 0 spiro atoms. The van der Waals surface area contributed by atoms with E-state index >= 15 is 0 Å². The van der Waals surface area contributed by atoms with Crippen molar-refractivity contribution in [3.05, 3.63) is 64.5 Å². The largest absolute Gasteiger partial charge is 0.377 e. The molecule has 0 bridgehead atoms. The first-order chi connectivity index (χ1) is 9.24. The van der Waals surface area contributed by atoms with E-state index in [0.29, 0.717) is 0 Å². The van der Waals surface area contributed by atoms with Gasteiger partial charge in [-0.3, -0.25) is 0 Å². The summed E-state index contributed by atoms with van der Waals surface area (Å²) in [5.41, 5.74) is 0.981. The zero-order valence-electron chi connectivity index (χ0n) is 10.6. The molecule has 0 amide bonds. The molecule has 0 radical (unpaired) electrons. The first kappa shape index (κ1) is 12.5. The highest BCUT2D eigenvalue weighted by atomic mass is 35.5. The van der Waals surface area contributed by atoms with Gasteiger partial charge >= 0.3 is 0 Å². The molecule has 1 aromatic heterocycles. The van der Waals surface area contributed by atoms with Crippen LogP contribution in [-0.4, -0.2) is 0 Å². The number of rotatable bonds is 3. The predicted octanol–water partition coefficient (Wildman–Crippen LogP) is 5.73. The van der Waals surface area contributed by atoms with Crippen LogP contribution in [0.4, 0.5) is 5.69 Å². The third kappa shape index (κ3) is 2.60. The van der Waals surface area contributed by atoms with Crippen LogP contribution in [0.25, 0.3) is 10.1 Å². The van der Waals surface area contributed by atoms with Crippen molar-refractivity contribution in [2.75, 3.05) is 5.32 Å². The van der Waals surface area contributed by atoms with E-state index in [1.165, 1.54) is 15.0 Å². The Kier molecular flexibility index (Phi) is 3.45. The zero-order chi connectivity index (χ0) is 13.2. The summed E-state index contributed by atoms with van der Waals surface area (Å²) in [5.74, 6) is 0. The van der Waals surface area contributed by atoms with Crippen LogP contribution in [0.15, 0.2) is 54.6 Å². The van der Waals surface area contributed by atoms with E-state index in [1.54, 1.807) is 0 Å². The molecule has 3 rings (SSSR count). The molecule has 0 fully saturated rings. The van der Waals surface area contributed by atoms with Crippen LogP contribution in [-0.2, 0) is 0 Å². The van der Waals surface area contributed by atoms with Gasteiger partial charge < -0.3 is 5.32 Å². The molecule has 1 unspecified atom stereocenters. The Morgan fingerprint density at radius 2 is 1.79 bits per heavy atom. The van der Waals surface area contributed by atoms with Crippen LogP contribution in [0.2, 0.25) is 5.02 Å². The van der Waals surface area contributed by atoms with Crippen molar-refractivity contribution < 1.29 is 0 Å². The molecule has 1 nitrogen and oxygen atoms in total. The minimum Gasteiger partial charge on any atom is -0.377 e. The third-order valence-electron chi connectivity index (χ3n) is 3.12. The van der Waals surface area contributed by atoms with E-state index in [4.69, 9.17) is 11.6 Å². The lowest BCUT2D eigenvalue weighted by atomic mass is 10.2. The molecular formula is C16H14ClNS. The van der Waals surface area contributed by atoms with Crippen molar-refractivity contribution in [1.29, 1.82) is 0 Å². The van der Waals surface area contributed by atoms with Crippen molar-refractivity contribution in [2.24, 2.45) is 0 Å². The van der Waals surface area contributed by atoms with E-state index in [-0.39, 0.29) is 6.04 Å². The average molecular weight is 288 g/mol. The summed E-state index contributed by atoms with van der Waals surface area (Å²) in [5, 5.41) is 5.53. The Morgan fingerprint density at radius 3 is 2.58 bits per heavy atom. The summed E-state index contributed by atoms with van der Waals surface area (Å²) in [7, 11) is 0. The fourth-order valence-corrected chi connectivity index (χ4v) is 3.36. The Hall–Kier alpha value is -1.51. The van der Waals surface area contributed by atoms with Crippen molar-refractivity contribution in [3.63, 3.8) is 0 Å². The van der Waals surface area contributed by atoms with Gasteiger partial charge in [-0.15, -0.1) is 11.3 Å². The standard InChI is InChI=1S/C16H14ClNS/c1-11(18-14-8-4-3-7-13(14)17)16-10-12-6-2-5-9-15(12)19-16/h2-11,18H,1H3. The van der Waals surface area contributed by atoms with Gasteiger partial charge in [0.1, 0.15) is 0 Å². The fraction of sp³-hybridized carbons (Fsp3) is 0.125. The summed E-state index contributed by atoms with van der Waals surface area (Å²) < 4.78 is 1.32. The second kappa shape index (κ2) is 5.24. The molecule has 96 valence electrons. The van der Waals surface area contributed by atoms with Crippen LogP contribution in [0.1, 0.15) is 17.8 Å². The smallest absolute Gasteiger partial charge is 0.0637 e. The number of benzene rings is 2. The molecular weight excluding hydrogens is 274 g/mol. The monoisotopic (exact) mass is 287 g/mol. The fourth-order valence-electron chi connectivity index (χ4n) is 2.10. The second-order valence-electron chi connectivity index (χ2n) is 4.53. The minimum atomic E-state index is 0.248. The summed E-state index contributed by atoms with van der Waals surface area (Å²) in [6, 6.07) is 18.8. The summed E-state index contributed by atoms with van der Waals surface area (Å²) >= 11 is 8.00. The van der Waals surface area contributed by atoms with Crippen molar-refractivity contribution in [3.8, 4) is 0 Å². The lowest BCUT2D eigenvalue weighted by Crippen LogP contribution is -2.04. The summed E-state index contributed by atoms with van der Waals surface area (Å²) in [4.78, 5) is 1.32. The van der Waals surface area contributed by atoms with Crippen LogP contribution in [0, 0.1) is 0 Å². The van der Waals surface area contributed by atoms with Crippen LogP contribution >= 0.6 is 22.9 Å².